The minimum atomic E-state index is 0.171. The zero-order valence-electron chi connectivity index (χ0n) is 12.4. The average molecular weight is 277 g/mol. The molecule has 0 aliphatic carbocycles. The molecule has 1 aliphatic heterocycles. The van der Waals surface area contributed by atoms with Crippen LogP contribution in [-0.2, 0) is 0 Å². The van der Waals surface area contributed by atoms with Gasteiger partial charge in [0.2, 0.25) is 0 Å². The third-order valence-corrected chi connectivity index (χ3v) is 3.75. The lowest BCUT2D eigenvalue weighted by molar-refractivity contribution is 0.886. The summed E-state index contributed by atoms with van der Waals surface area (Å²) < 4.78 is 0. The van der Waals surface area contributed by atoms with Crippen molar-refractivity contribution in [3.63, 3.8) is 0 Å². The van der Waals surface area contributed by atoms with E-state index in [0.29, 0.717) is 5.84 Å². The summed E-state index contributed by atoms with van der Waals surface area (Å²) in [5.74, 6) is 0.766. The largest absolute Gasteiger partial charge is 0.386 e. The van der Waals surface area contributed by atoms with E-state index in [1.54, 1.807) is 0 Å². The summed E-state index contributed by atoms with van der Waals surface area (Å²) in [6.45, 7) is 4.21. The SMILES string of the molecule is Cc1cc(C)cc(C2=NN=C(N)CC2c2ccccc2)c1. The third kappa shape index (κ3) is 2.87. The van der Waals surface area contributed by atoms with Crippen LogP contribution in [0.5, 0.6) is 0 Å². The van der Waals surface area contributed by atoms with Crippen molar-refractivity contribution in [1.82, 2.24) is 0 Å². The minimum Gasteiger partial charge on any atom is -0.386 e. The lowest BCUT2D eigenvalue weighted by atomic mass is 9.85. The van der Waals surface area contributed by atoms with E-state index in [4.69, 9.17) is 5.73 Å². The van der Waals surface area contributed by atoms with E-state index in [2.05, 4.69) is 66.5 Å². The third-order valence-electron chi connectivity index (χ3n) is 3.75. The Morgan fingerprint density at radius 1 is 0.952 bits per heavy atom. The Morgan fingerprint density at radius 3 is 2.29 bits per heavy atom. The molecule has 21 heavy (non-hydrogen) atoms. The van der Waals surface area contributed by atoms with Crippen LogP contribution in [0.1, 0.15) is 34.6 Å². The van der Waals surface area contributed by atoms with Crippen LogP contribution in [0.2, 0.25) is 0 Å². The molecule has 2 N–H and O–H groups in total. The van der Waals surface area contributed by atoms with Gasteiger partial charge in [-0.3, -0.25) is 0 Å². The molecule has 1 aliphatic rings. The fourth-order valence-electron chi connectivity index (χ4n) is 2.88. The highest BCUT2D eigenvalue weighted by atomic mass is 15.2. The first kappa shape index (κ1) is 13.6. The lowest BCUT2D eigenvalue weighted by Crippen LogP contribution is -2.25. The standard InChI is InChI=1S/C18H19N3/c1-12-8-13(2)10-15(9-12)18-16(11-17(19)20-21-18)14-6-4-3-5-7-14/h3-10,16H,11H2,1-2H3,(H2,19,20). The van der Waals surface area contributed by atoms with E-state index >= 15 is 0 Å². The Hall–Kier alpha value is -2.42. The summed E-state index contributed by atoms with van der Waals surface area (Å²) in [6, 6.07) is 16.9. The topological polar surface area (TPSA) is 50.7 Å². The van der Waals surface area contributed by atoms with Crippen LogP contribution in [0.25, 0.3) is 0 Å². The molecule has 0 spiro atoms. The molecular formula is C18H19N3. The maximum absolute atomic E-state index is 5.91. The van der Waals surface area contributed by atoms with Crippen molar-refractivity contribution in [3.05, 3.63) is 70.8 Å². The smallest absolute Gasteiger partial charge is 0.123 e. The monoisotopic (exact) mass is 277 g/mol. The van der Waals surface area contributed by atoms with Gasteiger partial charge in [-0.15, -0.1) is 5.10 Å². The molecule has 0 radical (unpaired) electrons. The van der Waals surface area contributed by atoms with E-state index in [-0.39, 0.29) is 5.92 Å². The van der Waals surface area contributed by atoms with Gasteiger partial charge in [0.25, 0.3) is 0 Å². The molecule has 2 aromatic rings. The summed E-state index contributed by atoms with van der Waals surface area (Å²) in [5, 5.41) is 8.51. The lowest BCUT2D eigenvalue weighted by Gasteiger charge is -2.22. The first-order chi connectivity index (χ1) is 10.1. The molecule has 0 bridgehead atoms. The summed E-state index contributed by atoms with van der Waals surface area (Å²) in [7, 11) is 0. The Kier molecular flexibility index (Phi) is 3.57. The van der Waals surface area contributed by atoms with E-state index in [9.17, 15) is 0 Å². The van der Waals surface area contributed by atoms with Gasteiger partial charge in [-0.05, 0) is 25.0 Å². The van der Waals surface area contributed by atoms with Crippen molar-refractivity contribution in [1.29, 1.82) is 0 Å². The van der Waals surface area contributed by atoms with Crippen molar-refractivity contribution >= 4 is 11.5 Å². The molecular weight excluding hydrogens is 258 g/mol. The second-order valence-corrected chi connectivity index (χ2v) is 5.62. The van der Waals surface area contributed by atoms with Gasteiger partial charge in [-0.2, -0.15) is 5.10 Å². The van der Waals surface area contributed by atoms with E-state index < -0.39 is 0 Å². The van der Waals surface area contributed by atoms with Crippen molar-refractivity contribution in [2.45, 2.75) is 26.2 Å². The number of hydrogen-bond donors (Lipinski definition) is 1. The first-order valence-corrected chi connectivity index (χ1v) is 7.17. The zero-order valence-corrected chi connectivity index (χ0v) is 12.4. The molecule has 0 saturated carbocycles. The zero-order chi connectivity index (χ0) is 14.8. The molecule has 3 rings (SSSR count). The van der Waals surface area contributed by atoms with Gasteiger partial charge in [0.15, 0.2) is 0 Å². The molecule has 3 nitrogen and oxygen atoms in total. The molecule has 0 aromatic heterocycles. The number of amidine groups is 1. The maximum atomic E-state index is 5.91. The Balaban J connectivity index is 2.08. The molecule has 0 saturated heterocycles. The normalized spacial score (nSPS) is 18.1. The highest BCUT2D eigenvalue weighted by Crippen LogP contribution is 2.28. The number of benzene rings is 2. The molecule has 1 unspecified atom stereocenters. The van der Waals surface area contributed by atoms with Crippen molar-refractivity contribution in [3.8, 4) is 0 Å². The van der Waals surface area contributed by atoms with Crippen LogP contribution in [-0.4, -0.2) is 11.5 Å². The first-order valence-electron chi connectivity index (χ1n) is 7.17. The van der Waals surface area contributed by atoms with Crippen LogP contribution in [0, 0.1) is 13.8 Å². The van der Waals surface area contributed by atoms with Gasteiger partial charge in [0.05, 0.1) is 5.71 Å². The highest BCUT2D eigenvalue weighted by molar-refractivity contribution is 6.08. The molecule has 0 amide bonds. The van der Waals surface area contributed by atoms with Gasteiger partial charge in [0, 0.05) is 12.3 Å². The Morgan fingerprint density at radius 2 is 1.62 bits per heavy atom. The fourth-order valence-corrected chi connectivity index (χ4v) is 2.88. The summed E-state index contributed by atoms with van der Waals surface area (Å²) in [4.78, 5) is 0. The van der Waals surface area contributed by atoms with Crippen LogP contribution < -0.4 is 5.73 Å². The molecule has 3 heteroatoms. The molecule has 2 aromatic carbocycles. The number of rotatable bonds is 2. The Bertz CT molecular complexity index is 694. The van der Waals surface area contributed by atoms with Gasteiger partial charge in [-0.1, -0.05) is 59.7 Å². The summed E-state index contributed by atoms with van der Waals surface area (Å²) in [6.07, 6.45) is 0.718. The molecule has 0 fully saturated rings. The minimum absolute atomic E-state index is 0.171. The van der Waals surface area contributed by atoms with E-state index in [1.807, 2.05) is 6.07 Å². The fraction of sp³-hybridized carbons (Fsp3) is 0.222. The van der Waals surface area contributed by atoms with E-state index in [0.717, 1.165) is 17.7 Å². The van der Waals surface area contributed by atoms with Crippen molar-refractivity contribution in [2.24, 2.45) is 15.9 Å². The molecule has 1 atom stereocenters. The van der Waals surface area contributed by atoms with E-state index in [1.165, 1.54) is 16.7 Å². The quantitative estimate of drug-likeness (QED) is 0.896. The second-order valence-electron chi connectivity index (χ2n) is 5.62. The predicted molar refractivity (Wildman–Crippen MR) is 87.9 cm³/mol. The number of hydrogen-bond acceptors (Lipinski definition) is 3. The van der Waals surface area contributed by atoms with Gasteiger partial charge < -0.3 is 5.73 Å². The second kappa shape index (κ2) is 5.52. The molecule has 106 valence electrons. The van der Waals surface area contributed by atoms with Crippen molar-refractivity contribution < 1.29 is 0 Å². The van der Waals surface area contributed by atoms with Gasteiger partial charge in [0.1, 0.15) is 5.84 Å². The van der Waals surface area contributed by atoms with Gasteiger partial charge in [-0.25, -0.2) is 0 Å². The number of nitrogens with zero attached hydrogens (tertiary/aromatic N) is 2. The Labute approximate surface area is 125 Å². The molecule has 1 heterocycles. The average Bonchev–Trinajstić information content (AvgIpc) is 2.47. The number of nitrogens with two attached hydrogens (primary N) is 1. The predicted octanol–water partition coefficient (Wildman–Crippen LogP) is 3.55. The van der Waals surface area contributed by atoms with Gasteiger partial charge >= 0.3 is 0 Å². The summed E-state index contributed by atoms with van der Waals surface area (Å²) in [5.41, 5.74) is 11.8. The van der Waals surface area contributed by atoms with Crippen LogP contribution >= 0.6 is 0 Å². The number of aryl methyl sites for hydroxylation is 2. The van der Waals surface area contributed by atoms with Crippen molar-refractivity contribution in [2.75, 3.05) is 0 Å². The summed E-state index contributed by atoms with van der Waals surface area (Å²) >= 11 is 0. The maximum Gasteiger partial charge on any atom is 0.123 e. The highest BCUT2D eigenvalue weighted by Gasteiger charge is 2.24. The van der Waals surface area contributed by atoms with Crippen LogP contribution in [0.4, 0.5) is 0 Å². The van der Waals surface area contributed by atoms with Crippen LogP contribution in [0.3, 0.4) is 0 Å². The van der Waals surface area contributed by atoms with Crippen LogP contribution in [0.15, 0.2) is 58.7 Å².